The first kappa shape index (κ1) is 14.3. The summed E-state index contributed by atoms with van der Waals surface area (Å²) in [6, 6.07) is 4.64. The molecule has 1 aromatic carbocycles. The zero-order valence-corrected chi connectivity index (χ0v) is 11.4. The number of nitrogens with two attached hydrogens (primary N) is 1. The van der Waals surface area contributed by atoms with Crippen LogP contribution in [0.3, 0.4) is 0 Å². The van der Waals surface area contributed by atoms with E-state index in [-0.39, 0.29) is 12.1 Å². The minimum Gasteiger partial charge on any atom is -0.376 e. The molecule has 0 bridgehead atoms. The largest absolute Gasteiger partial charge is 0.376 e. The number of nitrogens with one attached hydrogen (secondary N) is 2. The van der Waals surface area contributed by atoms with Gasteiger partial charge in [0.05, 0.1) is 6.10 Å². The summed E-state index contributed by atoms with van der Waals surface area (Å²) in [5.41, 5.74) is 7.03. The molecule has 108 valence electrons. The van der Waals surface area contributed by atoms with Crippen molar-refractivity contribution in [2.45, 2.75) is 25.9 Å². The third-order valence-electron chi connectivity index (χ3n) is 3.28. The smallest absolute Gasteiger partial charge is 0.319 e. The summed E-state index contributed by atoms with van der Waals surface area (Å²) in [4.78, 5) is 22.9. The molecule has 1 heterocycles. The van der Waals surface area contributed by atoms with Crippen molar-refractivity contribution in [2.24, 2.45) is 5.73 Å². The normalized spacial score (nSPS) is 17.8. The van der Waals surface area contributed by atoms with E-state index in [4.69, 9.17) is 10.5 Å². The van der Waals surface area contributed by atoms with E-state index in [0.29, 0.717) is 17.8 Å². The molecular formula is C14H19N3O3. The van der Waals surface area contributed by atoms with Crippen LogP contribution in [-0.2, 0) is 4.74 Å². The number of hydrogen-bond donors (Lipinski definition) is 3. The number of carbonyl (C=O) groups is 2. The fraction of sp³-hybridized carbons (Fsp3) is 0.429. The van der Waals surface area contributed by atoms with Gasteiger partial charge in [-0.05, 0) is 37.5 Å². The van der Waals surface area contributed by atoms with Crippen LogP contribution in [0.25, 0.3) is 0 Å². The standard InChI is InChI=1S/C14H19N3O3/c1-9-4-5-10(13(15)18)7-12(9)17-14(19)16-8-11-3-2-6-20-11/h4-5,7,11H,2-3,6,8H2,1H3,(H2,15,18)(H2,16,17,19). The van der Waals surface area contributed by atoms with Crippen LogP contribution in [0.1, 0.15) is 28.8 Å². The van der Waals surface area contributed by atoms with Crippen LogP contribution in [0, 0.1) is 6.92 Å². The molecular weight excluding hydrogens is 258 g/mol. The lowest BCUT2D eigenvalue weighted by Gasteiger charge is -2.13. The first-order valence-corrected chi connectivity index (χ1v) is 6.63. The Bertz CT molecular complexity index is 510. The summed E-state index contributed by atoms with van der Waals surface area (Å²) < 4.78 is 5.42. The van der Waals surface area contributed by atoms with E-state index < -0.39 is 5.91 Å². The Kier molecular flexibility index (Phi) is 4.57. The number of amides is 3. The topological polar surface area (TPSA) is 93.5 Å². The second-order valence-corrected chi connectivity index (χ2v) is 4.86. The molecule has 1 atom stereocenters. The van der Waals surface area contributed by atoms with Gasteiger partial charge in [0.1, 0.15) is 0 Å². The number of anilines is 1. The summed E-state index contributed by atoms with van der Waals surface area (Å²) in [6.45, 7) is 3.09. The molecule has 1 aliphatic heterocycles. The number of ether oxygens (including phenoxy) is 1. The molecule has 1 aromatic rings. The van der Waals surface area contributed by atoms with Crippen LogP contribution < -0.4 is 16.4 Å². The van der Waals surface area contributed by atoms with Gasteiger partial charge in [0.15, 0.2) is 0 Å². The maximum absolute atomic E-state index is 11.8. The molecule has 0 spiro atoms. The Balaban J connectivity index is 1.92. The summed E-state index contributed by atoms with van der Waals surface area (Å²) >= 11 is 0. The number of carbonyl (C=O) groups excluding carboxylic acids is 2. The zero-order chi connectivity index (χ0) is 14.5. The lowest BCUT2D eigenvalue weighted by molar-refractivity contribution is 0.1000. The number of rotatable bonds is 4. The average molecular weight is 277 g/mol. The Morgan fingerprint density at radius 1 is 1.45 bits per heavy atom. The van der Waals surface area contributed by atoms with Gasteiger partial charge in [0, 0.05) is 24.4 Å². The molecule has 0 aliphatic carbocycles. The highest BCUT2D eigenvalue weighted by Crippen LogP contribution is 2.16. The summed E-state index contributed by atoms with van der Waals surface area (Å²) in [6.07, 6.45) is 2.10. The molecule has 0 radical (unpaired) electrons. The average Bonchev–Trinajstić information content (AvgIpc) is 2.92. The van der Waals surface area contributed by atoms with Gasteiger partial charge >= 0.3 is 6.03 Å². The van der Waals surface area contributed by atoms with Gasteiger partial charge in [-0.25, -0.2) is 4.79 Å². The molecule has 1 unspecified atom stereocenters. The fourth-order valence-corrected chi connectivity index (χ4v) is 2.09. The molecule has 1 fully saturated rings. The number of aryl methyl sites for hydroxylation is 1. The lowest BCUT2D eigenvalue weighted by atomic mass is 10.1. The van der Waals surface area contributed by atoms with E-state index in [2.05, 4.69) is 10.6 Å². The molecule has 4 N–H and O–H groups in total. The minimum atomic E-state index is -0.521. The van der Waals surface area contributed by atoms with Gasteiger partial charge in [-0.2, -0.15) is 0 Å². The third-order valence-corrected chi connectivity index (χ3v) is 3.28. The summed E-state index contributed by atoms with van der Waals surface area (Å²) in [5.74, 6) is -0.521. The van der Waals surface area contributed by atoms with Gasteiger partial charge in [0.2, 0.25) is 5.91 Å². The van der Waals surface area contributed by atoms with Crippen molar-refractivity contribution in [2.75, 3.05) is 18.5 Å². The molecule has 6 heteroatoms. The van der Waals surface area contributed by atoms with Crippen LogP contribution in [0.2, 0.25) is 0 Å². The predicted octanol–water partition coefficient (Wildman–Crippen LogP) is 1.39. The van der Waals surface area contributed by atoms with E-state index in [1.165, 1.54) is 0 Å². The van der Waals surface area contributed by atoms with Gasteiger partial charge in [-0.3, -0.25) is 4.79 Å². The second kappa shape index (κ2) is 6.38. The van der Waals surface area contributed by atoms with Crippen molar-refractivity contribution in [3.05, 3.63) is 29.3 Å². The Morgan fingerprint density at radius 3 is 2.90 bits per heavy atom. The van der Waals surface area contributed by atoms with Crippen LogP contribution in [0.5, 0.6) is 0 Å². The molecule has 6 nitrogen and oxygen atoms in total. The quantitative estimate of drug-likeness (QED) is 0.776. The Hall–Kier alpha value is -2.08. The monoisotopic (exact) mass is 277 g/mol. The number of urea groups is 1. The molecule has 1 saturated heterocycles. The summed E-state index contributed by atoms with van der Waals surface area (Å²) in [5, 5.41) is 5.47. The van der Waals surface area contributed by atoms with Crippen molar-refractivity contribution >= 4 is 17.6 Å². The second-order valence-electron chi connectivity index (χ2n) is 4.86. The predicted molar refractivity (Wildman–Crippen MR) is 75.7 cm³/mol. The van der Waals surface area contributed by atoms with E-state index >= 15 is 0 Å². The van der Waals surface area contributed by atoms with Crippen LogP contribution in [0.4, 0.5) is 10.5 Å². The van der Waals surface area contributed by atoms with Crippen molar-refractivity contribution < 1.29 is 14.3 Å². The highest BCUT2D eigenvalue weighted by atomic mass is 16.5. The van der Waals surface area contributed by atoms with Gasteiger partial charge < -0.3 is 21.1 Å². The first-order chi connectivity index (χ1) is 9.56. The van der Waals surface area contributed by atoms with E-state index in [1.807, 2.05) is 6.92 Å². The number of hydrogen-bond acceptors (Lipinski definition) is 3. The number of benzene rings is 1. The molecule has 0 saturated carbocycles. The minimum absolute atomic E-state index is 0.0961. The third kappa shape index (κ3) is 3.71. The molecule has 2 rings (SSSR count). The highest BCUT2D eigenvalue weighted by molar-refractivity contribution is 5.96. The van der Waals surface area contributed by atoms with Crippen molar-refractivity contribution in [1.29, 1.82) is 0 Å². The van der Waals surface area contributed by atoms with Crippen molar-refractivity contribution in [3.8, 4) is 0 Å². The first-order valence-electron chi connectivity index (χ1n) is 6.63. The number of primary amides is 1. The van der Waals surface area contributed by atoms with Gasteiger partial charge in [0.25, 0.3) is 0 Å². The van der Waals surface area contributed by atoms with Crippen LogP contribution in [0.15, 0.2) is 18.2 Å². The molecule has 3 amide bonds. The highest BCUT2D eigenvalue weighted by Gasteiger charge is 2.16. The van der Waals surface area contributed by atoms with Crippen molar-refractivity contribution in [3.63, 3.8) is 0 Å². The van der Waals surface area contributed by atoms with E-state index in [9.17, 15) is 9.59 Å². The molecule has 20 heavy (non-hydrogen) atoms. The maximum atomic E-state index is 11.8. The van der Waals surface area contributed by atoms with E-state index in [0.717, 1.165) is 25.0 Å². The fourth-order valence-electron chi connectivity index (χ4n) is 2.09. The lowest BCUT2D eigenvalue weighted by Crippen LogP contribution is -2.35. The summed E-state index contributed by atoms with van der Waals surface area (Å²) in [7, 11) is 0. The Morgan fingerprint density at radius 2 is 2.25 bits per heavy atom. The van der Waals surface area contributed by atoms with Crippen molar-refractivity contribution in [1.82, 2.24) is 5.32 Å². The zero-order valence-electron chi connectivity index (χ0n) is 11.4. The van der Waals surface area contributed by atoms with E-state index in [1.54, 1.807) is 18.2 Å². The molecule has 1 aliphatic rings. The van der Waals surface area contributed by atoms with Crippen LogP contribution in [-0.4, -0.2) is 31.2 Å². The van der Waals surface area contributed by atoms with Gasteiger partial charge in [-0.1, -0.05) is 6.07 Å². The van der Waals surface area contributed by atoms with Crippen LogP contribution >= 0.6 is 0 Å². The maximum Gasteiger partial charge on any atom is 0.319 e. The SMILES string of the molecule is Cc1ccc(C(N)=O)cc1NC(=O)NCC1CCCO1. The van der Waals surface area contributed by atoms with Gasteiger partial charge in [-0.15, -0.1) is 0 Å². The Labute approximate surface area is 117 Å². The molecule has 0 aromatic heterocycles.